The Balaban J connectivity index is 2.25. The molecule has 0 bridgehead atoms. The van der Waals surface area contributed by atoms with Gasteiger partial charge in [0.15, 0.2) is 5.60 Å². The van der Waals surface area contributed by atoms with Gasteiger partial charge in [-0.25, -0.2) is 9.59 Å². The number of halogens is 2. The molecular formula is C33H36Br2O6. The molecule has 0 atom stereocenters. The van der Waals surface area contributed by atoms with Crippen LogP contribution in [0, 0.1) is 0 Å². The van der Waals surface area contributed by atoms with Crippen molar-refractivity contribution in [2.45, 2.75) is 84.7 Å². The minimum absolute atomic E-state index is 0.0114. The molecule has 0 amide bonds. The van der Waals surface area contributed by atoms with Crippen LogP contribution in [0.5, 0.6) is 11.5 Å². The van der Waals surface area contributed by atoms with Crippen LogP contribution in [0.15, 0.2) is 39.3 Å². The van der Waals surface area contributed by atoms with Crippen molar-refractivity contribution in [1.29, 1.82) is 0 Å². The van der Waals surface area contributed by atoms with Crippen LogP contribution < -0.4 is 0 Å². The average Bonchev–Trinajstić information content (AvgIpc) is 3.24. The molecule has 0 spiro atoms. The highest BCUT2D eigenvalue weighted by Gasteiger charge is 2.52. The minimum atomic E-state index is -1.61. The van der Waals surface area contributed by atoms with Crippen molar-refractivity contribution in [1.82, 2.24) is 0 Å². The molecule has 0 aromatic heterocycles. The highest BCUT2D eigenvalue weighted by molar-refractivity contribution is 9.10. The molecule has 3 N–H and O–H groups in total. The molecule has 1 heterocycles. The van der Waals surface area contributed by atoms with Crippen molar-refractivity contribution in [3.63, 3.8) is 0 Å². The Morgan fingerprint density at radius 3 is 1.59 bits per heavy atom. The van der Waals surface area contributed by atoms with Crippen LogP contribution in [0.2, 0.25) is 0 Å². The summed E-state index contributed by atoms with van der Waals surface area (Å²) in [5.41, 5.74) is 2.94. The van der Waals surface area contributed by atoms with Crippen molar-refractivity contribution < 1.29 is 29.6 Å². The lowest BCUT2D eigenvalue weighted by atomic mass is 9.73. The summed E-state index contributed by atoms with van der Waals surface area (Å²) in [6.45, 7) is 8.11. The zero-order chi connectivity index (χ0) is 30.1. The Labute approximate surface area is 258 Å². The second kappa shape index (κ2) is 12.6. The largest absolute Gasteiger partial charge is 0.507 e. The fourth-order valence-corrected chi connectivity index (χ4v) is 7.23. The van der Waals surface area contributed by atoms with Gasteiger partial charge in [0, 0.05) is 47.9 Å². The number of aromatic hydroxyl groups is 2. The van der Waals surface area contributed by atoms with Gasteiger partial charge in [0.2, 0.25) is 0 Å². The van der Waals surface area contributed by atoms with E-state index in [2.05, 4.69) is 31.9 Å². The Morgan fingerprint density at radius 1 is 0.732 bits per heavy atom. The summed E-state index contributed by atoms with van der Waals surface area (Å²) in [6.07, 6.45) is 5.37. The lowest BCUT2D eigenvalue weighted by Gasteiger charge is -2.35. The highest BCUT2D eigenvalue weighted by Crippen LogP contribution is 2.54. The van der Waals surface area contributed by atoms with Gasteiger partial charge in [-0.05, 0) is 56.0 Å². The smallest absolute Gasteiger partial charge is 0.340 e. The quantitative estimate of drug-likeness (QED) is 0.175. The fraction of sp³-hybridized carbons (Fsp3) is 0.394. The number of carboxylic acids is 1. The molecule has 3 aromatic carbocycles. The normalized spacial score (nSPS) is 13.8. The third kappa shape index (κ3) is 5.29. The van der Waals surface area contributed by atoms with E-state index in [1.54, 1.807) is 0 Å². The molecule has 0 radical (unpaired) electrons. The molecule has 1 aliphatic rings. The molecule has 0 saturated carbocycles. The fourth-order valence-electron chi connectivity index (χ4n) is 6.00. The van der Waals surface area contributed by atoms with Crippen LogP contribution in [0.3, 0.4) is 0 Å². The summed E-state index contributed by atoms with van der Waals surface area (Å²) < 4.78 is 7.77. The Kier molecular flexibility index (Phi) is 9.54. The third-order valence-electron chi connectivity index (χ3n) is 7.78. The first-order valence-corrected chi connectivity index (χ1v) is 15.8. The summed E-state index contributed by atoms with van der Waals surface area (Å²) in [4.78, 5) is 25.7. The first kappa shape index (κ1) is 31.1. The first-order valence-electron chi connectivity index (χ1n) is 14.3. The lowest BCUT2D eigenvalue weighted by molar-refractivity contribution is 0.0244. The monoisotopic (exact) mass is 686 g/mol. The summed E-state index contributed by atoms with van der Waals surface area (Å²) in [5, 5.41) is 33.2. The minimum Gasteiger partial charge on any atom is -0.507 e. The molecule has 8 heteroatoms. The summed E-state index contributed by atoms with van der Waals surface area (Å²) in [7, 11) is 0. The Morgan fingerprint density at radius 2 is 1.17 bits per heavy atom. The van der Waals surface area contributed by atoms with Crippen LogP contribution >= 0.6 is 31.9 Å². The lowest BCUT2D eigenvalue weighted by Crippen LogP contribution is -2.33. The number of phenols is 2. The summed E-state index contributed by atoms with van der Waals surface area (Å²) in [5.74, 6) is -1.45. The number of benzene rings is 3. The van der Waals surface area contributed by atoms with E-state index in [0.717, 1.165) is 24.0 Å². The average molecular weight is 688 g/mol. The number of aromatic carboxylic acids is 1. The number of esters is 1. The number of ether oxygens (including phenoxy) is 1. The second-order valence-electron chi connectivity index (χ2n) is 10.6. The highest BCUT2D eigenvalue weighted by atomic mass is 79.9. The van der Waals surface area contributed by atoms with Crippen LogP contribution in [0.1, 0.15) is 113 Å². The molecule has 1 aliphatic heterocycles. The van der Waals surface area contributed by atoms with Crippen LogP contribution in [-0.2, 0) is 36.0 Å². The van der Waals surface area contributed by atoms with Gasteiger partial charge in [-0.1, -0.05) is 85.2 Å². The standard InChI is InChI=1S/C33H36Br2O6/c1-5-9-19-25(16-27(34)22(11-7-3)29(19)36)33(24-15-18(31(38)39)13-14-21(24)32(40)41-33)26-17-28(35)23(12-8-4)30(37)20(26)10-6-2/h13-17,36-37H,5-12H2,1-4H3,(H,38,39). The van der Waals surface area contributed by atoms with Gasteiger partial charge in [-0.15, -0.1) is 0 Å². The van der Waals surface area contributed by atoms with E-state index in [-0.39, 0.29) is 22.6 Å². The van der Waals surface area contributed by atoms with Crippen molar-refractivity contribution in [3.05, 3.63) is 89.3 Å². The molecule has 6 nitrogen and oxygen atoms in total. The number of hydrogen-bond donors (Lipinski definition) is 3. The second-order valence-corrected chi connectivity index (χ2v) is 12.3. The van der Waals surface area contributed by atoms with Crippen LogP contribution in [0.25, 0.3) is 0 Å². The molecule has 0 fully saturated rings. The van der Waals surface area contributed by atoms with E-state index < -0.39 is 17.5 Å². The van der Waals surface area contributed by atoms with E-state index in [9.17, 15) is 24.9 Å². The van der Waals surface area contributed by atoms with Gasteiger partial charge in [-0.3, -0.25) is 0 Å². The number of cyclic esters (lactones) is 1. The van der Waals surface area contributed by atoms with E-state index in [4.69, 9.17) is 4.74 Å². The topological polar surface area (TPSA) is 104 Å². The third-order valence-corrected chi connectivity index (χ3v) is 9.20. The number of hydrogen-bond acceptors (Lipinski definition) is 5. The first-order chi connectivity index (χ1) is 19.6. The van der Waals surface area contributed by atoms with Gasteiger partial charge in [0.05, 0.1) is 11.1 Å². The number of rotatable bonds is 11. The van der Waals surface area contributed by atoms with E-state index in [1.165, 1.54) is 18.2 Å². The Bertz CT molecular complexity index is 1440. The maximum absolute atomic E-state index is 13.6. The maximum Gasteiger partial charge on any atom is 0.340 e. The molecule has 0 aliphatic carbocycles. The predicted molar refractivity (Wildman–Crippen MR) is 166 cm³/mol. The number of fused-ring (bicyclic) bond motifs is 1. The SMILES string of the molecule is CCCc1c(Br)cc(C2(c3cc(Br)c(CCC)c(O)c3CCC)OC(=O)c3ccc(C(=O)O)cc32)c(CCC)c1O. The molecule has 4 rings (SSSR count). The molecule has 218 valence electrons. The molecule has 0 saturated heterocycles. The van der Waals surface area contributed by atoms with Gasteiger partial charge in [-0.2, -0.15) is 0 Å². The number of carbonyl (C=O) groups is 2. The van der Waals surface area contributed by atoms with Crippen molar-refractivity contribution in [2.75, 3.05) is 0 Å². The van der Waals surface area contributed by atoms with Gasteiger partial charge >= 0.3 is 11.9 Å². The number of carbonyl (C=O) groups excluding carboxylic acids is 1. The number of carboxylic acid groups (broad SMARTS) is 1. The van der Waals surface area contributed by atoms with E-state index in [0.29, 0.717) is 75.3 Å². The Hall–Kier alpha value is -2.84. The van der Waals surface area contributed by atoms with Crippen LogP contribution in [-0.4, -0.2) is 27.3 Å². The zero-order valence-electron chi connectivity index (χ0n) is 23.9. The maximum atomic E-state index is 13.6. The summed E-state index contributed by atoms with van der Waals surface area (Å²) in [6, 6.07) is 8.17. The van der Waals surface area contributed by atoms with Crippen LogP contribution in [0.4, 0.5) is 0 Å². The van der Waals surface area contributed by atoms with Gasteiger partial charge in [0.25, 0.3) is 0 Å². The molecular weight excluding hydrogens is 652 g/mol. The summed E-state index contributed by atoms with van der Waals surface area (Å²) >= 11 is 7.36. The van der Waals surface area contributed by atoms with E-state index >= 15 is 0 Å². The molecule has 3 aromatic rings. The molecule has 0 unspecified atom stereocenters. The van der Waals surface area contributed by atoms with Gasteiger partial charge < -0.3 is 20.1 Å². The van der Waals surface area contributed by atoms with E-state index in [1.807, 2.05) is 39.8 Å². The molecule has 41 heavy (non-hydrogen) atoms. The van der Waals surface area contributed by atoms with Crippen molar-refractivity contribution in [3.8, 4) is 11.5 Å². The van der Waals surface area contributed by atoms with Crippen molar-refractivity contribution in [2.24, 2.45) is 0 Å². The number of phenolic OH excluding ortho intramolecular Hbond substituents is 2. The van der Waals surface area contributed by atoms with Gasteiger partial charge in [0.1, 0.15) is 11.5 Å². The van der Waals surface area contributed by atoms with Crippen molar-refractivity contribution >= 4 is 43.8 Å². The zero-order valence-corrected chi connectivity index (χ0v) is 27.0. The predicted octanol–water partition coefficient (Wildman–Crippen LogP) is 8.59.